The van der Waals surface area contributed by atoms with Crippen molar-refractivity contribution in [3.63, 3.8) is 0 Å². The second kappa shape index (κ2) is 2.91. The molecule has 0 aromatic heterocycles. The fraction of sp³-hybridized carbons (Fsp3) is 0.222. The van der Waals surface area contributed by atoms with E-state index < -0.39 is 0 Å². The van der Waals surface area contributed by atoms with Crippen LogP contribution in [0.1, 0.15) is 11.1 Å². The summed E-state index contributed by atoms with van der Waals surface area (Å²) in [6.45, 7) is 9.13. The Morgan fingerprint density at radius 2 is 2.00 bits per heavy atom. The van der Waals surface area contributed by atoms with E-state index in [1.807, 2.05) is 26.0 Å². The fourth-order valence-electron chi connectivity index (χ4n) is 0.987. The van der Waals surface area contributed by atoms with Crippen molar-refractivity contribution in [2.45, 2.75) is 13.8 Å². The van der Waals surface area contributed by atoms with Crippen LogP contribution >= 0.6 is 0 Å². The molecule has 0 spiro atoms. The van der Waals surface area contributed by atoms with Crippen molar-refractivity contribution < 1.29 is 5.11 Å². The molecule has 0 saturated carbocycles. The number of rotatable bonds is 1. The minimum atomic E-state index is 0.347. The number of aryl methyl sites for hydroxylation is 1. The third-order valence-corrected chi connectivity index (χ3v) is 1.95. The molecule has 1 aromatic carbocycles. The van der Waals surface area contributed by atoms with Gasteiger partial charge in [-0.25, -0.2) is 0 Å². The van der Waals surface area contributed by atoms with Crippen LogP contribution in [-0.4, -0.2) is 18.5 Å². The van der Waals surface area contributed by atoms with E-state index in [2.05, 4.69) is 6.47 Å². The minimum absolute atomic E-state index is 0.347. The topological polar surface area (TPSA) is 20.2 Å². The van der Waals surface area contributed by atoms with E-state index >= 15 is 0 Å². The molecule has 56 valence electrons. The van der Waals surface area contributed by atoms with Crippen molar-refractivity contribution in [2.24, 2.45) is 0 Å². The summed E-state index contributed by atoms with van der Waals surface area (Å²) < 4.78 is 0. The molecular formula is C9H11BO. The van der Waals surface area contributed by atoms with Crippen molar-refractivity contribution in [3.05, 3.63) is 23.3 Å². The van der Waals surface area contributed by atoms with Crippen molar-refractivity contribution in [1.82, 2.24) is 0 Å². The summed E-state index contributed by atoms with van der Waals surface area (Å²) in [6.07, 6.45) is 0. The molecule has 2 heteroatoms. The first-order valence-electron chi connectivity index (χ1n) is 3.58. The molecule has 0 amide bonds. The molecule has 0 radical (unpaired) electrons. The average molecular weight is 146 g/mol. The van der Waals surface area contributed by atoms with Crippen molar-refractivity contribution in [3.8, 4) is 5.75 Å². The molecule has 0 unspecified atom stereocenters. The Labute approximate surface area is 67.6 Å². The Morgan fingerprint density at radius 3 is 2.55 bits per heavy atom. The summed E-state index contributed by atoms with van der Waals surface area (Å²) in [5.41, 5.74) is 2.84. The summed E-state index contributed by atoms with van der Waals surface area (Å²) in [6, 6.07) is 3.84. The van der Waals surface area contributed by atoms with E-state index in [4.69, 9.17) is 0 Å². The molecule has 0 aliphatic heterocycles. The third kappa shape index (κ3) is 1.34. The summed E-state index contributed by atoms with van der Waals surface area (Å²) >= 11 is 0. The van der Waals surface area contributed by atoms with Crippen LogP contribution in [-0.2, 0) is 0 Å². The molecule has 0 bridgehead atoms. The van der Waals surface area contributed by atoms with Crippen LogP contribution in [0, 0.1) is 13.8 Å². The zero-order chi connectivity index (χ0) is 8.43. The van der Waals surface area contributed by atoms with Gasteiger partial charge in [0.05, 0.1) is 0 Å². The molecule has 1 aromatic rings. The fourth-order valence-corrected chi connectivity index (χ4v) is 0.987. The molecule has 1 nitrogen and oxygen atoms in total. The van der Waals surface area contributed by atoms with Gasteiger partial charge < -0.3 is 0 Å². The first-order chi connectivity index (χ1) is 5.16. The zero-order valence-corrected chi connectivity index (χ0v) is 6.89. The van der Waals surface area contributed by atoms with Crippen molar-refractivity contribution in [2.75, 3.05) is 0 Å². The zero-order valence-electron chi connectivity index (χ0n) is 6.89. The monoisotopic (exact) mass is 146 g/mol. The maximum atomic E-state index is 9.51. The van der Waals surface area contributed by atoms with Gasteiger partial charge in [-0.1, -0.05) is 0 Å². The Kier molecular flexibility index (Phi) is 2.13. The predicted octanol–water partition coefficient (Wildman–Crippen LogP) is 0.771. The van der Waals surface area contributed by atoms with Crippen LogP contribution < -0.4 is 5.46 Å². The first-order valence-corrected chi connectivity index (χ1v) is 3.58. The molecule has 0 aliphatic rings. The van der Waals surface area contributed by atoms with Gasteiger partial charge in [-0.05, 0) is 0 Å². The predicted molar refractivity (Wildman–Crippen MR) is 50.1 cm³/mol. The van der Waals surface area contributed by atoms with Crippen LogP contribution in [0.4, 0.5) is 0 Å². The Bertz CT molecular complexity index is 292. The van der Waals surface area contributed by atoms with Crippen LogP contribution in [0.2, 0.25) is 0 Å². The first kappa shape index (κ1) is 8.06. The number of hydrogen-bond acceptors (Lipinski definition) is 1. The van der Waals surface area contributed by atoms with Gasteiger partial charge >= 0.3 is 66.8 Å². The number of benzene rings is 1. The average Bonchev–Trinajstić information content (AvgIpc) is 2.01. The van der Waals surface area contributed by atoms with E-state index in [9.17, 15) is 5.11 Å². The van der Waals surface area contributed by atoms with E-state index in [-0.39, 0.29) is 0 Å². The number of phenolic OH excluding ortho intramolecular Hbond substituents is 1. The SMILES string of the molecule is C=Bc1ccc(C)c(C)c1O. The summed E-state index contributed by atoms with van der Waals surface area (Å²) in [4.78, 5) is 0. The van der Waals surface area contributed by atoms with Gasteiger partial charge in [0, 0.05) is 0 Å². The number of hydrogen-bond donors (Lipinski definition) is 1. The molecular weight excluding hydrogens is 135 g/mol. The van der Waals surface area contributed by atoms with E-state index in [1.54, 1.807) is 6.92 Å². The van der Waals surface area contributed by atoms with Gasteiger partial charge in [0.15, 0.2) is 0 Å². The quantitative estimate of drug-likeness (QED) is 0.580. The maximum absolute atomic E-state index is 9.51. The summed E-state index contributed by atoms with van der Waals surface area (Å²) in [7, 11) is 0. The second-order valence-electron chi connectivity index (χ2n) is 2.65. The van der Waals surface area contributed by atoms with Gasteiger partial charge in [-0.3, -0.25) is 0 Å². The summed E-state index contributed by atoms with van der Waals surface area (Å²) in [5.74, 6) is 0.347. The van der Waals surface area contributed by atoms with Gasteiger partial charge in [-0.2, -0.15) is 0 Å². The molecule has 1 N–H and O–H groups in total. The van der Waals surface area contributed by atoms with Crippen LogP contribution in [0.3, 0.4) is 0 Å². The van der Waals surface area contributed by atoms with Crippen LogP contribution in [0.5, 0.6) is 5.75 Å². The number of phenols is 1. The van der Waals surface area contributed by atoms with Gasteiger partial charge in [0.1, 0.15) is 0 Å². The van der Waals surface area contributed by atoms with Crippen molar-refractivity contribution in [1.29, 1.82) is 0 Å². The number of aromatic hydroxyl groups is 1. The summed E-state index contributed by atoms with van der Waals surface area (Å²) in [5, 5.41) is 9.51. The Morgan fingerprint density at radius 1 is 1.36 bits per heavy atom. The molecule has 0 atom stereocenters. The standard InChI is InChI=1S/C9H11BO/c1-6-4-5-8(10-3)9(11)7(6)2/h4-5,11H,3H2,1-2H3. The van der Waals surface area contributed by atoms with Gasteiger partial charge in [-0.15, -0.1) is 0 Å². The van der Waals surface area contributed by atoms with Crippen molar-refractivity contribution >= 4 is 18.9 Å². The second-order valence-corrected chi connectivity index (χ2v) is 2.65. The van der Waals surface area contributed by atoms with Crippen LogP contribution in [0.25, 0.3) is 0 Å². The molecule has 0 aliphatic carbocycles. The van der Waals surface area contributed by atoms with Crippen LogP contribution in [0.15, 0.2) is 12.1 Å². The molecule has 0 saturated heterocycles. The van der Waals surface area contributed by atoms with Gasteiger partial charge in [0.25, 0.3) is 0 Å². The van der Waals surface area contributed by atoms with E-state index in [1.165, 1.54) is 0 Å². The molecule has 1 rings (SSSR count). The van der Waals surface area contributed by atoms with Gasteiger partial charge in [0.2, 0.25) is 0 Å². The van der Waals surface area contributed by atoms with E-state index in [0.29, 0.717) is 5.75 Å². The normalized spacial score (nSPS) is 9.27. The Balaban J connectivity index is 3.36. The third-order valence-electron chi connectivity index (χ3n) is 1.95. The molecule has 11 heavy (non-hydrogen) atoms. The molecule has 0 heterocycles. The van der Waals surface area contributed by atoms with E-state index in [0.717, 1.165) is 16.6 Å². The molecule has 0 fully saturated rings. The Hall–Kier alpha value is -1.05.